The Hall–Kier alpha value is -0.830. The van der Waals surface area contributed by atoms with E-state index in [-0.39, 0.29) is 34.6 Å². The second kappa shape index (κ2) is 7.89. The van der Waals surface area contributed by atoms with Gasteiger partial charge in [0.15, 0.2) is 5.78 Å². The predicted molar refractivity (Wildman–Crippen MR) is 123 cm³/mol. The SMILES string of the molecule is CC(C(=O)O[C@H]1CC[C@H]2[C@@H]3CCC4=C(Cl)C(=O)CC[C@]4(C)[C@H]3CC[C@]12C)C1CCCC1. The van der Waals surface area contributed by atoms with Gasteiger partial charge in [0.1, 0.15) is 6.10 Å². The van der Waals surface area contributed by atoms with Crippen LogP contribution in [0.1, 0.15) is 97.8 Å². The van der Waals surface area contributed by atoms with Gasteiger partial charge in [0.05, 0.1) is 11.0 Å². The van der Waals surface area contributed by atoms with Gasteiger partial charge in [-0.25, -0.2) is 0 Å². The Balaban J connectivity index is 1.33. The van der Waals surface area contributed by atoms with Crippen LogP contribution in [0.25, 0.3) is 0 Å². The van der Waals surface area contributed by atoms with Crippen LogP contribution in [-0.2, 0) is 14.3 Å². The number of ketones is 1. The van der Waals surface area contributed by atoms with Gasteiger partial charge in [0, 0.05) is 11.8 Å². The van der Waals surface area contributed by atoms with E-state index in [2.05, 4.69) is 20.8 Å². The molecule has 172 valence electrons. The summed E-state index contributed by atoms with van der Waals surface area (Å²) in [4.78, 5) is 25.3. The third kappa shape index (κ3) is 3.35. The van der Waals surface area contributed by atoms with E-state index >= 15 is 0 Å². The summed E-state index contributed by atoms with van der Waals surface area (Å²) in [5.41, 5.74) is 1.45. The Bertz CT molecular complexity index is 796. The van der Waals surface area contributed by atoms with Crippen LogP contribution in [0.15, 0.2) is 10.6 Å². The second-order valence-electron chi connectivity index (χ2n) is 11.9. The molecule has 5 aliphatic rings. The lowest BCUT2D eigenvalue weighted by Crippen LogP contribution is -2.52. The lowest BCUT2D eigenvalue weighted by molar-refractivity contribution is -0.165. The van der Waals surface area contributed by atoms with Gasteiger partial charge in [-0.1, -0.05) is 45.2 Å². The molecule has 5 rings (SSSR count). The van der Waals surface area contributed by atoms with E-state index in [4.69, 9.17) is 16.3 Å². The number of fused-ring (bicyclic) bond motifs is 5. The quantitative estimate of drug-likeness (QED) is 0.446. The first-order valence-electron chi connectivity index (χ1n) is 12.9. The average Bonchev–Trinajstić information content (AvgIpc) is 3.39. The standard InChI is InChI=1S/C27H39ClO3/c1-16(17-6-4-5-7-17)25(30)31-23-11-10-19-18-8-9-21-24(28)22(29)13-15-26(21,2)20(18)12-14-27(19,23)3/h16-20,23H,4-15H2,1-3H3/t16?,18-,19-,20-,23-,26+,27-/m0/s1. The Labute approximate surface area is 192 Å². The smallest absolute Gasteiger partial charge is 0.309 e. The van der Waals surface area contributed by atoms with E-state index in [1.807, 2.05) is 0 Å². The molecular formula is C27H39ClO3. The minimum atomic E-state index is 0.0460. The third-order valence-corrected chi connectivity index (χ3v) is 11.1. The molecule has 0 bridgehead atoms. The van der Waals surface area contributed by atoms with Crippen LogP contribution >= 0.6 is 11.6 Å². The van der Waals surface area contributed by atoms with Gasteiger partial charge in [-0.2, -0.15) is 0 Å². The number of esters is 1. The molecule has 5 aliphatic carbocycles. The maximum absolute atomic E-state index is 13.0. The molecule has 3 nitrogen and oxygen atoms in total. The van der Waals surface area contributed by atoms with Crippen LogP contribution in [0, 0.1) is 40.4 Å². The summed E-state index contributed by atoms with van der Waals surface area (Å²) in [5, 5.41) is 0.555. The van der Waals surface area contributed by atoms with Crippen LogP contribution in [0.2, 0.25) is 0 Å². The predicted octanol–water partition coefficient (Wildman–Crippen LogP) is 6.82. The molecule has 7 atom stereocenters. The molecule has 4 heteroatoms. The fourth-order valence-corrected chi connectivity index (χ4v) is 9.10. The van der Waals surface area contributed by atoms with Crippen molar-refractivity contribution in [1.29, 1.82) is 0 Å². The first-order chi connectivity index (χ1) is 14.8. The van der Waals surface area contributed by atoms with Crippen molar-refractivity contribution >= 4 is 23.4 Å². The summed E-state index contributed by atoms with van der Waals surface area (Å²) in [6.45, 7) is 6.88. The van der Waals surface area contributed by atoms with Crippen LogP contribution in [-0.4, -0.2) is 17.9 Å². The fourth-order valence-electron chi connectivity index (χ4n) is 8.69. The number of Topliss-reactive ketones (excluding diaryl/α,β-unsaturated/α-hetero) is 1. The Morgan fingerprint density at radius 1 is 1.00 bits per heavy atom. The number of rotatable bonds is 3. The van der Waals surface area contributed by atoms with Gasteiger partial charge in [0.2, 0.25) is 0 Å². The van der Waals surface area contributed by atoms with Crippen LogP contribution < -0.4 is 0 Å². The number of hydrogen-bond donors (Lipinski definition) is 0. The first-order valence-corrected chi connectivity index (χ1v) is 13.3. The van der Waals surface area contributed by atoms with Crippen molar-refractivity contribution in [2.75, 3.05) is 0 Å². The van der Waals surface area contributed by atoms with Gasteiger partial charge < -0.3 is 4.74 Å². The van der Waals surface area contributed by atoms with Crippen molar-refractivity contribution in [1.82, 2.24) is 0 Å². The van der Waals surface area contributed by atoms with E-state index in [1.54, 1.807) is 0 Å². The van der Waals surface area contributed by atoms with Gasteiger partial charge in [-0.05, 0) is 92.4 Å². The van der Waals surface area contributed by atoms with E-state index in [0.717, 1.165) is 32.1 Å². The van der Waals surface area contributed by atoms with Crippen LogP contribution in [0.5, 0.6) is 0 Å². The average molecular weight is 447 g/mol. The van der Waals surface area contributed by atoms with E-state index in [0.29, 0.717) is 35.1 Å². The molecule has 4 saturated carbocycles. The zero-order valence-corrected chi connectivity index (χ0v) is 20.3. The largest absolute Gasteiger partial charge is 0.462 e. The molecule has 0 aromatic heterocycles. The van der Waals surface area contributed by atoms with Crippen LogP contribution in [0.3, 0.4) is 0 Å². The molecule has 0 N–H and O–H groups in total. The van der Waals surface area contributed by atoms with Crippen LogP contribution in [0.4, 0.5) is 0 Å². The maximum atomic E-state index is 13.0. The highest BCUT2D eigenvalue weighted by Gasteiger charge is 2.60. The van der Waals surface area contributed by atoms with Crippen molar-refractivity contribution in [3.05, 3.63) is 10.6 Å². The zero-order chi connectivity index (χ0) is 22.0. The molecule has 0 aromatic carbocycles. The number of carbonyl (C=O) groups is 2. The molecular weight excluding hydrogens is 408 g/mol. The second-order valence-corrected chi connectivity index (χ2v) is 12.3. The Morgan fingerprint density at radius 3 is 2.48 bits per heavy atom. The Kier molecular flexibility index (Phi) is 5.59. The highest BCUT2D eigenvalue weighted by molar-refractivity contribution is 6.43. The summed E-state index contributed by atoms with van der Waals surface area (Å²) >= 11 is 6.54. The lowest BCUT2D eigenvalue weighted by Gasteiger charge is -2.58. The molecule has 0 radical (unpaired) electrons. The van der Waals surface area contributed by atoms with Crippen molar-refractivity contribution < 1.29 is 14.3 Å². The minimum Gasteiger partial charge on any atom is -0.462 e. The minimum absolute atomic E-state index is 0.0460. The summed E-state index contributed by atoms with van der Waals surface area (Å²) in [6, 6.07) is 0. The monoisotopic (exact) mass is 446 g/mol. The highest BCUT2D eigenvalue weighted by Crippen LogP contribution is 2.66. The normalized spacial score (nSPS) is 43.9. The number of allylic oxidation sites excluding steroid dienone is 1. The van der Waals surface area contributed by atoms with Gasteiger partial charge in [-0.15, -0.1) is 0 Å². The fraction of sp³-hybridized carbons (Fsp3) is 0.852. The van der Waals surface area contributed by atoms with Crippen molar-refractivity contribution in [3.63, 3.8) is 0 Å². The van der Waals surface area contributed by atoms with E-state index in [9.17, 15) is 9.59 Å². The number of hydrogen-bond acceptors (Lipinski definition) is 3. The molecule has 0 spiro atoms. The van der Waals surface area contributed by atoms with Gasteiger partial charge in [-0.3, -0.25) is 9.59 Å². The van der Waals surface area contributed by atoms with Crippen molar-refractivity contribution in [3.8, 4) is 0 Å². The van der Waals surface area contributed by atoms with E-state index in [1.165, 1.54) is 44.1 Å². The van der Waals surface area contributed by atoms with Crippen molar-refractivity contribution in [2.24, 2.45) is 40.4 Å². The van der Waals surface area contributed by atoms with Gasteiger partial charge >= 0.3 is 5.97 Å². The molecule has 0 amide bonds. The summed E-state index contributed by atoms with van der Waals surface area (Å²) in [7, 11) is 0. The molecule has 31 heavy (non-hydrogen) atoms. The lowest BCUT2D eigenvalue weighted by atomic mass is 9.47. The summed E-state index contributed by atoms with van der Waals surface area (Å²) in [5.74, 6) is 2.68. The molecule has 0 saturated heterocycles. The molecule has 4 fully saturated rings. The molecule has 0 heterocycles. The summed E-state index contributed by atoms with van der Waals surface area (Å²) in [6.07, 6.45) is 13.1. The molecule has 1 unspecified atom stereocenters. The number of halogens is 1. The molecule has 0 aromatic rings. The highest BCUT2D eigenvalue weighted by atomic mass is 35.5. The topological polar surface area (TPSA) is 43.4 Å². The number of carbonyl (C=O) groups excluding carboxylic acids is 2. The third-order valence-electron chi connectivity index (χ3n) is 10.7. The first kappa shape index (κ1) is 22.0. The zero-order valence-electron chi connectivity index (χ0n) is 19.6. The molecule has 0 aliphatic heterocycles. The Morgan fingerprint density at radius 2 is 1.74 bits per heavy atom. The van der Waals surface area contributed by atoms with E-state index < -0.39 is 0 Å². The summed E-state index contributed by atoms with van der Waals surface area (Å²) < 4.78 is 6.29. The maximum Gasteiger partial charge on any atom is 0.309 e. The van der Waals surface area contributed by atoms with Gasteiger partial charge in [0.25, 0.3) is 0 Å². The number of ether oxygens (including phenoxy) is 1. The van der Waals surface area contributed by atoms with Crippen molar-refractivity contribution in [2.45, 2.75) is 104 Å².